The zero-order valence-electron chi connectivity index (χ0n) is 13.4. The first-order chi connectivity index (χ1) is 12.2. The van der Waals surface area contributed by atoms with Crippen molar-refractivity contribution in [1.82, 2.24) is 8.97 Å². The summed E-state index contributed by atoms with van der Waals surface area (Å²) in [6.07, 6.45) is 0. The van der Waals surface area contributed by atoms with Crippen LogP contribution in [0.3, 0.4) is 0 Å². The van der Waals surface area contributed by atoms with Crippen molar-refractivity contribution in [3.05, 3.63) is 76.1 Å². The standard InChI is InChI=1S/C20H12N4O/c1-23-16-9-5-6-10-17(16)24-19(23)14(11-21)18(15(12-22)20(24)25)13-7-3-2-4-8-13/h2-10H,1H3. The minimum absolute atomic E-state index is 0.0170. The Kier molecular flexibility index (Phi) is 3.16. The number of para-hydroxylation sites is 2. The van der Waals surface area contributed by atoms with E-state index in [2.05, 4.69) is 6.07 Å². The van der Waals surface area contributed by atoms with Gasteiger partial charge in [-0.25, -0.2) is 0 Å². The zero-order valence-corrected chi connectivity index (χ0v) is 13.4. The summed E-state index contributed by atoms with van der Waals surface area (Å²) in [6.45, 7) is 0. The first kappa shape index (κ1) is 14.7. The lowest BCUT2D eigenvalue weighted by atomic mass is 9.97. The molecule has 5 nitrogen and oxygen atoms in total. The van der Waals surface area contributed by atoms with E-state index >= 15 is 0 Å². The quantitative estimate of drug-likeness (QED) is 0.539. The molecule has 0 aliphatic heterocycles. The molecule has 0 N–H and O–H groups in total. The van der Waals surface area contributed by atoms with Gasteiger partial charge in [0.15, 0.2) is 0 Å². The van der Waals surface area contributed by atoms with Gasteiger partial charge < -0.3 is 4.57 Å². The molecule has 0 aliphatic carbocycles. The van der Waals surface area contributed by atoms with Gasteiger partial charge in [0.25, 0.3) is 5.56 Å². The highest BCUT2D eigenvalue weighted by molar-refractivity contribution is 5.89. The van der Waals surface area contributed by atoms with Gasteiger partial charge >= 0.3 is 0 Å². The highest BCUT2D eigenvalue weighted by atomic mass is 16.1. The van der Waals surface area contributed by atoms with Crippen LogP contribution in [-0.4, -0.2) is 8.97 Å². The van der Waals surface area contributed by atoms with Crippen LogP contribution in [0.5, 0.6) is 0 Å². The van der Waals surface area contributed by atoms with Crippen molar-refractivity contribution < 1.29 is 0 Å². The van der Waals surface area contributed by atoms with E-state index in [1.807, 2.05) is 60.1 Å². The first-order valence-electron chi connectivity index (χ1n) is 7.70. The van der Waals surface area contributed by atoms with Gasteiger partial charge in [-0.15, -0.1) is 0 Å². The van der Waals surface area contributed by atoms with E-state index in [-0.39, 0.29) is 5.56 Å². The van der Waals surface area contributed by atoms with E-state index in [0.29, 0.717) is 27.9 Å². The van der Waals surface area contributed by atoms with Gasteiger partial charge in [0.2, 0.25) is 0 Å². The van der Waals surface area contributed by atoms with Crippen LogP contribution in [0.4, 0.5) is 0 Å². The normalized spacial score (nSPS) is 10.7. The van der Waals surface area contributed by atoms with Crippen molar-refractivity contribution in [3.8, 4) is 23.3 Å². The molecule has 2 aromatic heterocycles. The molecule has 25 heavy (non-hydrogen) atoms. The van der Waals surface area contributed by atoms with Gasteiger partial charge in [-0.3, -0.25) is 9.20 Å². The molecule has 0 saturated heterocycles. The van der Waals surface area contributed by atoms with E-state index in [1.165, 1.54) is 4.40 Å². The first-order valence-corrected chi connectivity index (χ1v) is 7.70. The molecule has 0 amide bonds. The summed E-state index contributed by atoms with van der Waals surface area (Å²) in [5.74, 6) is 0. The number of nitrogens with zero attached hydrogens (tertiary/aromatic N) is 4. The predicted octanol–water partition coefficient (Wildman–Crippen LogP) is 3.20. The number of fused-ring (bicyclic) bond motifs is 3. The molecule has 0 aliphatic rings. The molecule has 0 fully saturated rings. The summed E-state index contributed by atoms with van der Waals surface area (Å²) in [7, 11) is 1.82. The Hall–Kier alpha value is -3.83. The van der Waals surface area contributed by atoms with Crippen LogP contribution in [0, 0.1) is 22.7 Å². The third-order valence-corrected chi connectivity index (χ3v) is 4.44. The van der Waals surface area contributed by atoms with Gasteiger partial charge in [0.1, 0.15) is 28.9 Å². The smallest absolute Gasteiger partial charge is 0.275 e. The molecule has 0 spiro atoms. The van der Waals surface area contributed by atoms with Crippen molar-refractivity contribution >= 4 is 16.7 Å². The molecule has 5 heteroatoms. The van der Waals surface area contributed by atoms with Crippen molar-refractivity contribution in [3.63, 3.8) is 0 Å². The van der Waals surface area contributed by atoms with Gasteiger partial charge in [-0.2, -0.15) is 10.5 Å². The van der Waals surface area contributed by atoms with Crippen LogP contribution >= 0.6 is 0 Å². The maximum Gasteiger partial charge on any atom is 0.275 e. The summed E-state index contributed by atoms with van der Waals surface area (Å²) >= 11 is 0. The summed E-state index contributed by atoms with van der Waals surface area (Å²) < 4.78 is 3.28. The molecule has 0 atom stereocenters. The second-order valence-corrected chi connectivity index (χ2v) is 5.73. The van der Waals surface area contributed by atoms with Crippen LogP contribution < -0.4 is 5.56 Å². The van der Waals surface area contributed by atoms with Crippen molar-refractivity contribution in [2.24, 2.45) is 7.05 Å². The van der Waals surface area contributed by atoms with Crippen molar-refractivity contribution in [2.75, 3.05) is 0 Å². The number of aromatic nitrogens is 2. The van der Waals surface area contributed by atoms with Crippen LogP contribution in [-0.2, 0) is 7.05 Å². The lowest BCUT2D eigenvalue weighted by molar-refractivity contribution is 0.971. The minimum atomic E-state index is -0.410. The fourth-order valence-corrected chi connectivity index (χ4v) is 3.36. The second-order valence-electron chi connectivity index (χ2n) is 5.73. The van der Waals surface area contributed by atoms with Crippen molar-refractivity contribution in [1.29, 1.82) is 10.5 Å². The van der Waals surface area contributed by atoms with Crippen LogP contribution in [0.2, 0.25) is 0 Å². The Labute approximate surface area is 143 Å². The molecule has 2 heterocycles. The number of nitriles is 2. The fourth-order valence-electron chi connectivity index (χ4n) is 3.36. The maximum atomic E-state index is 13.1. The fraction of sp³-hybridized carbons (Fsp3) is 0.0500. The molecular formula is C20H12N4O. The minimum Gasteiger partial charge on any atom is -0.328 e. The van der Waals surface area contributed by atoms with Gasteiger partial charge in [-0.05, 0) is 17.7 Å². The number of hydrogen-bond acceptors (Lipinski definition) is 3. The Bertz CT molecular complexity index is 1280. The average Bonchev–Trinajstić information content (AvgIpc) is 2.96. The Balaban J connectivity index is 2.36. The molecule has 4 aromatic rings. The van der Waals surface area contributed by atoms with Crippen LogP contribution in [0.15, 0.2) is 59.4 Å². The molecule has 0 radical (unpaired) electrons. The molecule has 2 aromatic carbocycles. The Morgan fingerprint density at radius 2 is 1.44 bits per heavy atom. The molecular weight excluding hydrogens is 312 g/mol. The molecule has 0 saturated carbocycles. The average molecular weight is 324 g/mol. The molecule has 118 valence electrons. The lowest BCUT2D eigenvalue weighted by Gasteiger charge is -2.09. The largest absolute Gasteiger partial charge is 0.328 e. The third-order valence-electron chi connectivity index (χ3n) is 4.44. The van der Waals surface area contributed by atoms with Crippen molar-refractivity contribution in [2.45, 2.75) is 0 Å². The summed E-state index contributed by atoms with van der Waals surface area (Å²) in [6, 6.07) is 20.7. The Morgan fingerprint density at radius 3 is 2.08 bits per heavy atom. The van der Waals surface area contributed by atoms with Crippen LogP contribution in [0.25, 0.3) is 27.8 Å². The predicted molar refractivity (Wildman–Crippen MR) is 95.0 cm³/mol. The topological polar surface area (TPSA) is 74.0 Å². The lowest BCUT2D eigenvalue weighted by Crippen LogP contribution is -2.19. The highest BCUT2D eigenvalue weighted by Crippen LogP contribution is 2.30. The monoisotopic (exact) mass is 324 g/mol. The zero-order chi connectivity index (χ0) is 17.6. The van der Waals surface area contributed by atoms with Crippen LogP contribution in [0.1, 0.15) is 11.1 Å². The van der Waals surface area contributed by atoms with Gasteiger partial charge in [0.05, 0.1) is 11.0 Å². The van der Waals surface area contributed by atoms with E-state index in [9.17, 15) is 15.3 Å². The van der Waals surface area contributed by atoms with E-state index in [0.717, 1.165) is 5.52 Å². The maximum absolute atomic E-state index is 13.1. The van der Waals surface area contributed by atoms with E-state index < -0.39 is 5.56 Å². The van der Waals surface area contributed by atoms with E-state index in [1.54, 1.807) is 12.1 Å². The number of pyridine rings is 1. The summed E-state index contributed by atoms with van der Waals surface area (Å²) in [5.41, 5.74) is 2.96. The summed E-state index contributed by atoms with van der Waals surface area (Å²) in [5, 5.41) is 19.5. The third kappa shape index (κ3) is 1.90. The summed E-state index contributed by atoms with van der Waals surface area (Å²) in [4.78, 5) is 13.1. The number of hydrogen-bond donors (Lipinski definition) is 0. The second kappa shape index (κ2) is 5.36. The highest BCUT2D eigenvalue weighted by Gasteiger charge is 2.23. The van der Waals surface area contributed by atoms with E-state index in [4.69, 9.17) is 0 Å². The number of aryl methyl sites for hydroxylation is 1. The molecule has 0 unspecified atom stereocenters. The Morgan fingerprint density at radius 1 is 0.840 bits per heavy atom. The number of imidazole rings is 1. The number of rotatable bonds is 1. The van der Waals surface area contributed by atoms with Gasteiger partial charge in [-0.1, -0.05) is 42.5 Å². The SMILES string of the molecule is Cn1c2ccccc2n2c(=O)c(C#N)c(-c3ccccc3)c(C#N)c12. The molecule has 0 bridgehead atoms. The molecule has 4 rings (SSSR count). The number of benzene rings is 2. The van der Waals surface area contributed by atoms with Gasteiger partial charge in [0, 0.05) is 12.6 Å².